The van der Waals surface area contributed by atoms with Crippen molar-refractivity contribution in [3.05, 3.63) is 0 Å². The van der Waals surface area contributed by atoms with Gasteiger partial charge in [0.15, 0.2) is 0 Å². The van der Waals surface area contributed by atoms with E-state index in [-0.39, 0.29) is 0 Å². The molecule has 2 aliphatic rings. The lowest BCUT2D eigenvalue weighted by Crippen LogP contribution is -2.42. The van der Waals surface area contributed by atoms with Gasteiger partial charge in [-0.1, -0.05) is 11.7 Å². The summed E-state index contributed by atoms with van der Waals surface area (Å²) in [4.78, 5) is 0. The molecule has 0 radical (unpaired) electrons. The van der Waals surface area contributed by atoms with Gasteiger partial charge >= 0.3 is 0 Å². The summed E-state index contributed by atoms with van der Waals surface area (Å²) in [7, 11) is 1.58. The first-order valence-corrected chi connectivity index (χ1v) is 6.02. The molecule has 0 amide bonds. The summed E-state index contributed by atoms with van der Waals surface area (Å²) in [5.74, 6) is 0.951. The Morgan fingerprint density at radius 1 is 1.45 bits per heavy atom. The van der Waals surface area contributed by atoms with Gasteiger partial charge in [-0.3, -0.25) is 0 Å². The molecule has 0 aromatic rings. The molecule has 0 aromatic carbocycles. The minimum absolute atomic E-state index is 0.753. The number of hydrogen-bond acceptors (Lipinski definition) is 4. The average molecular weight is 190 g/mol. The molecule has 2 aliphatic heterocycles. The normalized spacial score (nSPS) is 39.0. The van der Waals surface area contributed by atoms with Crippen molar-refractivity contribution in [2.45, 2.75) is 18.9 Å². The summed E-state index contributed by atoms with van der Waals surface area (Å²) in [6, 6.07) is 0.753. The molecule has 2 heterocycles. The van der Waals surface area contributed by atoms with Crippen LogP contribution in [0.25, 0.3) is 0 Å². The molecule has 2 unspecified atom stereocenters. The van der Waals surface area contributed by atoms with Crippen LogP contribution in [0.15, 0.2) is 0 Å². The highest BCUT2D eigenvalue weighted by molar-refractivity contribution is 8.67. The molecule has 2 rings (SSSR count). The number of fused-ring (bicyclic) bond motifs is 1. The Morgan fingerprint density at radius 3 is 3.18 bits per heavy atom. The van der Waals surface area contributed by atoms with Crippen LogP contribution in [-0.2, 0) is 0 Å². The number of nitrogens with one attached hydrogen (secondary N) is 1. The van der Waals surface area contributed by atoms with Crippen molar-refractivity contribution in [1.29, 1.82) is 0 Å². The first-order valence-electron chi connectivity index (χ1n) is 4.20. The van der Waals surface area contributed by atoms with E-state index in [2.05, 4.69) is 21.3 Å². The maximum absolute atomic E-state index is 4.21. The minimum atomic E-state index is 0.753. The van der Waals surface area contributed by atoms with E-state index < -0.39 is 0 Å². The lowest BCUT2D eigenvalue weighted by molar-refractivity contribution is 0.266. The van der Waals surface area contributed by atoms with E-state index in [1.807, 2.05) is 0 Å². The van der Waals surface area contributed by atoms with Gasteiger partial charge in [-0.2, -0.15) is 0 Å². The standard InChI is InChI=1S/C7H14N2S2/c10-11-9-4-2-6-1-3-8-7(6)5-9/h6-8,10H,1-5H2. The first kappa shape index (κ1) is 8.23. The van der Waals surface area contributed by atoms with Crippen LogP contribution in [0.4, 0.5) is 0 Å². The maximum Gasteiger partial charge on any atom is 0.0254 e. The predicted molar refractivity (Wildman–Crippen MR) is 52.7 cm³/mol. The Kier molecular flexibility index (Phi) is 2.66. The van der Waals surface area contributed by atoms with Crippen LogP contribution in [-0.4, -0.2) is 30.0 Å². The molecule has 1 N–H and O–H groups in total. The van der Waals surface area contributed by atoms with Crippen molar-refractivity contribution in [2.24, 2.45) is 5.92 Å². The van der Waals surface area contributed by atoms with Crippen molar-refractivity contribution >= 4 is 22.6 Å². The Morgan fingerprint density at radius 2 is 2.36 bits per heavy atom. The van der Waals surface area contributed by atoms with Gasteiger partial charge in [0.25, 0.3) is 0 Å². The van der Waals surface area contributed by atoms with Crippen LogP contribution in [0, 0.1) is 5.92 Å². The monoisotopic (exact) mass is 190 g/mol. The highest BCUT2D eigenvalue weighted by atomic mass is 33.1. The highest BCUT2D eigenvalue weighted by Crippen LogP contribution is 2.29. The third-order valence-electron chi connectivity index (χ3n) is 2.76. The summed E-state index contributed by atoms with van der Waals surface area (Å²) in [5.41, 5.74) is 0. The van der Waals surface area contributed by atoms with E-state index in [4.69, 9.17) is 0 Å². The lowest BCUT2D eigenvalue weighted by Gasteiger charge is -2.32. The van der Waals surface area contributed by atoms with E-state index >= 15 is 0 Å². The summed E-state index contributed by atoms with van der Waals surface area (Å²) >= 11 is 4.21. The SMILES string of the molecule is SSN1CCC2CCNC2C1. The maximum atomic E-state index is 4.21. The van der Waals surface area contributed by atoms with Gasteiger partial charge in [0.05, 0.1) is 0 Å². The third kappa shape index (κ3) is 1.69. The largest absolute Gasteiger partial charge is 0.312 e. The molecule has 0 aliphatic carbocycles. The van der Waals surface area contributed by atoms with E-state index in [0.717, 1.165) is 12.0 Å². The van der Waals surface area contributed by atoms with Crippen LogP contribution in [0.1, 0.15) is 12.8 Å². The topological polar surface area (TPSA) is 15.3 Å². The number of thiol groups is 1. The average Bonchev–Trinajstić information content (AvgIpc) is 2.50. The van der Waals surface area contributed by atoms with Crippen LogP contribution in [0.5, 0.6) is 0 Å². The van der Waals surface area contributed by atoms with Crippen molar-refractivity contribution in [3.63, 3.8) is 0 Å². The molecule has 0 bridgehead atoms. The van der Waals surface area contributed by atoms with Gasteiger partial charge < -0.3 is 5.32 Å². The molecule has 2 nitrogen and oxygen atoms in total. The van der Waals surface area contributed by atoms with Crippen molar-refractivity contribution in [1.82, 2.24) is 9.62 Å². The second-order valence-electron chi connectivity index (χ2n) is 3.37. The Labute approximate surface area is 77.0 Å². The summed E-state index contributed by atoms with van der Waals surface area (Å²) in [6.07, 6.45) is 2.74. The molecule has 2 fully saturated rings. The number of hydrogen-bond donors (Lipinski definition) is 2. The van der Waals surface area contributed by atoms with Crippen molar-refractivity contribution in [3.8, 4) is 0 Å². The third-order valence-corrected chi connectivity index (χ3v) is 4.01. The quantitative estimate of drug-likeness (QED) is 0.367. The molecule has 0 saturated carbocycles. The Bertz CT molecular complexity index is 142. The molecule has 2 atom stereocenters. The number of nitrogens with zero attached hydrogens (tertiary/aromatic N) is 1. The van der Waals surface area contributed by atoms with Crippen LogP contribution in [0.3, 0.4) is 0 Å². The predicted octanol–water partition coefficient (Wildman–Crippen LogP) is 1.16. The van der Waals surface area contributed by atoms with Crippen molar-refractivity contribution in [2.75, 3.05) is 19.6 Å². The fourth-order valence-corrected chi connectivity index (χ4v) is 2.94. The molecule has 11 heavy (non-hydrogen) atoms. The molecular formula is C7H14N2S2. The van der Waals surface area contributed by atoms with Gasteiger partial charge in [0.1, 0.15) is 0 Å². The van der Waals surface area contributed by atoms with Gasteiger partial charge in [0.2, 0.25) is 0 Å². The molecule has 4 heteroatoms. The summed E-state index contributed by atoms with van der Waals surface area (Å²) in [6.45, 7) is 3.62. The summed E-state index contributed by atoms with van der Waals surface area (Å²) < 4.78 is 2.34. The van der Waals surface area contributed by atoms with Crippen molar-refractivity contribution < 1.29 is 0 Å². The highest BCUT2D eigenvalue weighted by Gasteiger charge is 2.32. The lowest BCUT2D eigenvalue weighted by atomic mass is 9.94. The van der Waals surface area contributed by atoms with Crippen LogP contribution >= 0.6 is 22.6 Å². The van der Waals surface area contributed by atoms with Crippen LogP contribution in [0.2, 0.25) is 0 Å². The van der Waals surface area contributed by atoms with E-state index in [0.29, 0.717) is 0 Å². The molecule has 64 valence electrons. The minimum Gasteiger partial charge on any atom is -0.312 e. The molecule has 0 aromatic heterocycles. The molecular weight excluding hydrogens is 176 g/mol. The van der Waals surface area contributed by atoms with E-state index in [1.165, 1.54) is 32.5 Å². The smallest absolute Gasteiger partial charge is 0.0254 e. The van der Waals surface area contributed by atoms with Gasteiger partial charge in [-0.05, 0) is 36.3 Å². The Balaban J connectivity index is 1.91. The van der Waals surface area contributed by atoms with Gasteiger partial charge in [-0.25, -0.2) is 4.31 Å². The second-order valence-corrected chi connectivity index (χ2v) is 4.54. The van der Waals surface area contributed by atoms with E-state index in [9.17, 15) is 0 Å². The van der Waals surface area contributed by atoms with Gasteiger partial charge in [-0.15, -0.1) is 0 Å². The number of rotatable bonds is 1. The van der Waals surface area contributed by atoms with E-state index in [1.54, 1.807) is 11.0 Å². The Hall–Kier alpha value is 0.620. The van der Waals surface area contributed by atoms with Crippen LogP contribution < -0.4 is 5.32 Å². The fraction of sp³-hybridized carbons (Fsp3) is 1.00. The first-order chi connectivity index (χ1) is 5.40. The van der Waals surface area contributed by atoms with Gasteiger partial charge in [0, 0.05) is 19.1 Å². The molecule has 0 spiro atoms. The fourth-order valence-electron chi connectivity index (χ4n) is 2.08. The molecule has 2 saturated heterocycles. The number of piperidine rings is 1. The zero-order valence-corrected chi connectivity index (χ0v) is 8.20. The second kappa shape index (κ2) is 3.56. The zero-order chi connectivity index (χ0) is 7.68. The zero-order valence-electron chi connectivity index (χ0n) is 6.49. The summed E-state index contributed by atoms with van der Waals surface area (Å²) in [5, 5.41) is 3.53.